The lowest BCUT2D eigenvalue weighted by molar-refractivity contribution is -0.118. The standard InChI is InChI=1S/C21H21N5O2S/c1-14(2)7-9-23-26-18(13-29-21(26)24-16-4-3-8-22-11-16)15-5-6-19-17(10-15)25-20(27)12-28-19/h3-6,8-11,13-14H,7,12H2,1-2H3,(H,25,27). The number of thiazole rings is 1. The molecule has 2 aromatic heterocycles. The van der Waals surface area contributed by atoms with Crippen LogP contribution < -0.4 is 14.9 Å². The summed E-state index contributed by atoms with van der Waals surface area (Å²) in [6.45, 7) is 4.34. The molecule has 0 spiro atoms. The van der Waals surface area contributed by atoms with Crippen molar-refractivity contribution in [3.63, 3.8) is 0 Å². The molecule has 0 atom stereocenters. The number of anilines is 1. The number of nitrogens with zero attached hydrogens (tertiary/aromatic N) is 4. The Morgan fingerprint density at radius 1 is 1.38 bits per heavy atom. The van der Waals surface area contributed by atoms with E-state index in [0.29, 0.717) is 17.4 Å². The molecule has 0 saturated carbocycles. The number of carbonyl (C=O) groups excluding carboxylic acids is 1. The third-order valence-electron chi connectivity index (χ3n) is 4.24. The Morgan fingerprint density at radius 2 is 2.28 bits per heavy atom. The zero-order valence-electron chi connectivity index (χ0n) is 16.2. The normalized spacial score (nSPS) is 14.2. The van der Waals surface area contributed by atoms with Crippen molar-refractivity contribution in [3.05, 3.63) is 52.9 Å². The van der Waals surface area contributed by atoms with Crippen molar-refractivity contribution in [3.8, 4) is 17.0 Å². The summed E-state index contributed by atoms with van der Waals surface area (Å²) in [5.74, 6) is 1.02. The second-order valence-corrected chi connectivity index (χ2v) is 7.85. The van der Waals surface area contributed by atoms with Crippen LogP contribution >= 0.6 is 11.3 Å². The Morgan fingerprint density at radius 3 is 3.07 bits per heavy atom. The van der Waals surface area contributed by atoms with E-state index < -0.39 is 0 Å². The minimum absolute atomic E-state index is 0.0401. The van der Waals surface area contributed by atoms with Gasteiger partial charge >= 0.3 is 0 Å². The van der Waals surface area contributed by atoms with Crippen LogP contribution in [0.5, 0.6) is 5.75 Å². The number of nitrogens with one attached hydrogen (secondary N) is 1. The quantitative estimate of drug-likeness (QED) is 0.648. The first kappa shape index (κ1) is 19.1. The van der Waals surface area contributed by atoms with Gasteiger partial charge in [-0.05, 0) is 42.7 Å². The first-order valence-corrected chi connectivity index (χ1v) is 10.2. The Labute approximate surface area is 172 Å². The van der Waals surface area contributed by atoms with E-state index in [9.17, 15) is 4.79 Å². The van der Waals surface area contributed by atoms with Crippen molar-refractivity contribution in [1.82, 2.24) is 9.66 Å². The summed E-state index contributed by atoms with van der Waals surface area (Å²) >= 11 is 1.50. The van der Waals surface area contributed by atoms with Crippen molar-refractivity contribution < 1.29 is 9.53 Å². The van der Waals surface area contributed by atoms with E-state index in [1.807, 2.05) is 46.6 Å². The van der Waals surface area contributed by atoms with Crippen molar-refractivity contribution >= 4 is 34.8 Å². The third kappa shape index (κ3) is 4.43. The van der Waals surface area contributed by atoms with Crippen molar-refractivity contribution in [2.75, 3.05) is 11.9 Å². The summed E-state index contributed by atoms with van der Waals surface area (Å²) in [5, 5.41) is 9.54. The largest absolute Gasteiger partial charge is 0.482 e. The molecule has 0 saturated heterocycles. The molecule has 148 valence electrons. The van der Waals surface area contributed by atoms with Crippen molar-refractivity contribution in [1.29, 1.82) is 0 Å². The van der Waals surface area contributed by atoms with E-state index in [-0.39, 0.29) is 12.5 Å². The van der Waals surface area contributed by atoms with Gasteiger partial charge < -0.3 is 10.1 Å². The van der Waals surface area contributed by atoms with Crippen LogP contribution in [0.25, 0.3) is 11.3 Å². The lowest BCUT2D eigenvalue weighted by Crippen LogP contribution is -2.25. The fraction of sp³-hybridized carbons (Fsp3) is 0.238. The second kappa shape index (κ2) is 8.40. The van der Waals surface area contributed by atoms with Gasteiger partial charge in [-0.2, -0.15) is 5.10 Å². The van der Waals surface area contributed by atoms with E-state index in [4.69, 9.17) is 9.73 Å². The van der Waals surface area contributed by atoms with Gasteiger partial charge in [-0.3, -0.25) is 9.78 Å². The Bertz CT molecular complexity index is 1120. The molecule has 4 rings (SSSR count). The van der Waals surface area contributed by atoms with Crippen LogP contribution in [0.1, 0.15) is 20.3 Å². The van der Waals surface area contributed by atoms with Gasteiger partial charge in [0.25, 0.3) is 5.91 Å². The van der Waals surface area contributed by atoms with Gasteiger partial charge in [0.1, 0.15) is 5.75 Å². The number of aromatic nitrogens is 2. The summed E-state index contributed by atoms with van der Waals surface area (Å²) in [6, 6.07) is 9.48. The van der Waals surface area contributed by atoms with E-state index in [1.54, 1.807) is 12.4 Å². The van der Waals surface area contributed by atoms with Gasteiger partial charge in [0.2, 0.25) is 4.80 Å². The predicted octanol–water partition coefficient (Wildman–Crippen LogP) is 4.05. The number of amides is 1. The number of rotatable bonds is 5. The molecule has 0 unspecified atom stereocenters. The second-order valence-electron chi connectivity index (χ2n) is 7.01. The fourth-order valence-corrected chi connectivity index (χ4v) is 3.66. The maximum atomic E-state index is 11.7. The fourth-order valence-electron chi connectivity index (χ4n) is 2.80. The minimum Gasteiger partial charge on any atom is -0.482 e. The summed E-state index contributed by atoms with van der Waals surface area (Å²) in [6.07, 6.45) is 6.21. The Hall–Kier alpha value is -3.26. The molecule has 1 N–H and O–H groups in total. The smallest absolute Gasteiger partial charge is 0.262 e. The lowest BCUT2D eigenvalue weighted by atomic mass is 10.1. The molecule has 1 aliphatic heterocycles. The molecule has 1 aromatic carbocycles. The number of hydrogen-bond acceptors (Lipinski definition) is 6. The molecule has 0 radical (unpaired) electrons. The van der Waals surface area contributed by atoms with Crippen LogP contribution in [0, 0.1) is 5.92 Å². The van der Waals surface area contributed by atoms with Crippen LogP contribution in [0.4, 0.5) is 11.4 Å². The Kier molecular flexibility index (Phi) is 5.53. The zero-order valence-corrected chi connectivity index (χ0v) is 17.0. The monoisotopic (exact) mass is 407 g/mol. The average molecular weight is 407 g/mol. The molecule has 7 nitrogen and oxygen atoms in total. The molecule has 3 heterocycles. The van der Waals surface area contributed by atoms with Crippen LogP contribution in [0.2, 0.25) is 0 Å². The summed E-state index contributed by atoms with van der Waals surface area (Å²) in [4.78, 5) is 21.2. The molecule has 1 amide bonds. The molecule has 3 aromatic rings. The molecular weight excluding hydrogens is 386 g/mol. The number of ether oxygens (including phenoxy) is 1. The van der Waals surface area contributed by atoms with Gasteiger partial charge in [-0.25, -0.2) is 9.67 Å². The average Bonchev–Trinajstić information content (AvgIpc) is 3.10. The van der Waals surface area contributed by atoms with Crippen LogP contribution in [0.3, 0.4) is 0 Å². The molecule has 0 fully saturated rings. The van der Waals surface area contributed by atoms with Crippen LogP contribution in [0.15, 0.2) is 58.2 Å². The highest BCUT2D eigenvalue weighted by molar-refractivity contribution is 7.07. The summed E-state index contributed by atoms with van der Waals surface area (Å²) in [5.41, 5.74) is 3.23. The van der Waals surface area contributed by atoms with E-state index in [1.165, 1.54) is 11.3 Å². The van der Waals surface area contributed by atoms with Gasteiger partial charge in [0.05, 0.1) is 23.3 Å². The highest BCUT2D eigenvalue weighted by Crippen LogP contribution is 2.33. The van der Waals surface area contributed by atoms with Crippen LogP contribution in [-0.4, -0.2) is 28.4 Å². The Balaban J connectivity index is 1.79. The van der Waals surface area contributed by atoms with E-state index in [0.717, 1.165) is 28.2 Å². The third-order valence-corrected chi connectivity index (χ3v) is 5.05. The molecule has 29 heavy (non-hydrogen) atoms. The van der Waals surface area contributed by atoms with Gasteiger partial charge in [-0.15, -0.1) is 11.3 Å². The molecule has 1 aliphatic rings. The van der Waals surface area contributed by atoms with Gasteiger partial charge in [0.15, 0.2) is 6.61 Å². The maximum absolute atomic E-state index is 11.7. The number of carbonyl (C=O) groups is 1. The first-order valence-electron chi connectivity index (χ1n) is 9.35. The first-order chi connectivity index (χ1) is 14.1. The van der Waals surface area contributed by atoms with Gasteiger partial charge in [-0.1, -0.05) is 13.8 Å². The molecular formula is C21H21N5O2S. The predicted molar refractivity (Wildman–Crippen MR) is 115 cm³/mol. The topological polar surface area (TPSA) is 80.9 Å². The summed E-state index contributed by atoms with van der Waals surface area (Å²) < 4.78 is 7.29. The van der Waals surface area contributed by atoms with Crippen molar-refractivity contribution in [2.24, 2.45) is 16.0 Å². The molecule has 8 heteroatoms. The zero-order chi connectivity index (χ0) is 20.2. The summed E-state index contributed by atoms with van der Waals surface area (Å²) in [7, 11) is 0. The van der Waals surface area contributed by atoms with E-state index in [2.05, 4.69) is 29.2 Å². The minimum atomic E-state index is -0.157. The van der Waals surface area contributed by atoms with Crippen molar-refractivity contribution in [2.45, 2.75) is 20.3 Å². The SMILES string of the molecule is CC(C)CC=Nn1c(-c2ccc3c(c2)NC(=O)CO3)csc1=Nc1cccnc1. The molecule has 0 aliphatic carbocycles. The molecule has 0 bridgehead atoms. The number of hydrogen-bond donors (Lipinski definition) is 1. The van der Waals surface area contributed by atoms with E-state index >= 15 is 0 Å². The maximum Gasteiger partial charge on any atom is 0.262 e. The van der Waals surface area contributed by atoms with Crippen LogP contribution in [-0.2, 0) is 4.79 Å². The number of pyridine rings is 1. The number of fused-ring (bicyclic) bond motifs is 1. The highest BCUT2D eigenvalue weighted by atomic mass is 32.1. The highest BCUT2D eigenvalue weighted by Gasteiger charge is 2.17. The lowest BCUT2D eigenvalue weighted by Gasteiger charge is -2.18. The number of benzene rings is 1. The van der Waals surface area contributed by atoms with Gasteiger partial charge in [0, 0.05) is 23.4 Å².